The fourth-order valence-corrected chi connectivity index (χ4v) is 6.55. The Morgan fingerprint density at radius 3 is 1.29 bits per heavy atom. The number of amidine groups is 2. The van der Waals surface area contributed by atoms with Gasteiger partial charge in [0.2, 0.25) is 11.4 Å². The number of aliphatic imine (C=N–C) groups is 2. The average Bonchev–Trinajstić information content (AvgIpc) is 3.80. The Labute approximate surface area is 302 Å². The van der Waals surface area contributed by atoms with Gasteiger partial charge in [-0.15, -0.1) is 11.5 Å². The molecule has 3 aliphatic rings. The van der Waals surface area contributed by atoms with Gasteiger partial charge in [-0.2, -0.15) is 0 Å². The van der Waals surface area contributed by atoms with Crippen molar-refractivity contribution < 1.29 is 61.5 Å². The zero-order valence-electron chi connectivity index (χ0n) is 26.0. The third-order valence-corrected chi connectivity index (χ3v) is 8.99. The Balaban J connectivity index is 0.000000268. The first-order valence-corrected chi connectivity index (χ1v) is 15.0. The smallest absolute Gasteiger partial charge is 0.319 e. The monoisotopic (exact) mass is 810 g/mol. The summed E-state index contributed by atoms with van der Waals surface area (Å²) in [5.74, 6) is -31.0. The highest BCUT2D eigenvalue weighted by atomic mass is 35.5. The summed E-state index contributed by atoms with van der Waals surface area (Å²) in [4.78, 5) is 20.8. The predicted octanol–water partition coefficient (Wildman–Crippen LogP) is 8.69. The van der Waals surface area contributed by atoms with Crippen molar-refractivity contribution in [3.8, 4) is 0 Å². The molecule has 9 rings (SSSR count). The summed E-state index contributed by atoms with van der Waals surface area (Å²) < 4.78 is 199. The molecule has 24 heteroatoms. The van der Waals surface area contributed by atoms with Crippen LogP contribution in [0, 0.1) is 94.6 Å². The van der Waals surface area contributed by atoms with Crippen molar-refractivity contribution in [2.75, 3.05) is 0 Å². The van der Waals surface area contributed by atoms with E-state index in [1.54, 1.807) is 0 Å². The molecular formula is C32H2BClF14N8. The molecule has 0 aliphatic carbocycles. The number of benzene rings is 4. The molecule has 0 fully saturated rings. The van der Waals surface area contributed by atoms with Crippen LogP contribution >= 0.6 is 11.5 Å². The van der Waals surface area contributed by atoms with E-state index in [-0.39, 0.29) is 16.3 Å². The molecule has 0 unspecified atom stereocenters. The van der Waals surface area contributed by atoms with Crippen LogP contribution in [0.2, 0.25) is 0 Å². The fourth-order valence-electron chi connectivity index (χ4n) is 6.18. The van der Waals surface area contributed by atoms with Crippen molar-refractivity contribution >= 4 is 74.1 Å². The Morgan fingerprint density at radius 1 is 0.464 bits per heavy atom. The van der Waals surface area contributed by atoms with E-state index in [1.807, 2.05) is 0 Å². The lowest BCUT2D eigenvalue weighted by molar-refractivity contribution is 0.407. The van der Waals surface area contributed by atoms with Crippen LogP contribution < -0.4 is 11.0 Å². The molecule has 0 saturated carbocycles. The van der Waals surface area contributed by atoms with Crippen LogP contribution in [0.5, 0.6) is 0 Å². The first-order chi connectivity index (χ1) is 26.5. The first kappa shape index (κ1) is 36.2. The summed E-state index contributed by atoms with van der Waals surface area (Å²) in [6, 6.07) is 1.28. The van der Waals surface area contributed by atoms with Gasteiger partial charge in [0, 0.05) is 10.8 Å². The highest BCUT2D eigenvalue weighted by Crippen LogP contribution is 2.45. The molecule has 6 aromatic rings. The van der Waals surface area contributed by atoms with Gasteiger partial charge >= 0.3 is 6.40 Å². The molecule has 4 aromatic carbocycles. The Kier molecular flexibility index (Phi) is 7.85. The van der Waals surface area contributed by atoms with Crippen LogP contribution in [-0.2, 0) is 0 Å². The van der Waals surface area contributed by atoms with Crippen molar-refractivity contribution in [3.63, 3.8) is 0 Å². The molecule has 5 heterocycles. The average molecular weight is 811 g/mol. The van der Waals surface area contributed by atoms with Crippen LogP contribution in [-0.4, -0.2) is 27.0 Å². The summed E-state index contributed by atoms with van der Waals surface area (Å²) in [5, 5.41) is -2.61. The van der Waals surface area contributed by atoms with E-state index in [1.165, 1.54) is 0 Å². The van der Waals surface area contributed by atoms with Gasteiger partial charge in [0.05, 0.1) is 35.0 Å². The summed E-state index contributed by atoms with van der Waals surface area (Å²) in [5.41, 5.74) is -5.31. The summed E-state index contributed by atoms with van der Waals surface area (Å²) >= 11 is 6.68. The molecule has 4 bridgehead atoms. The van der Waals surface area contributed by atoms with Crippen molar-refractivity contribution in [2.45, 2.75) is 0 Å². The van der Waals surface area contributed by atoms with Gasteiger partial charge in [0.1, 0.15) is 22.6 Å². The van der Waals surface area contributed by atoms with Crippen LogP contribution in [0.1, 0.15) is 11.1 Å². The van der Waals surface area contributed by atoms with Crippen molar-refractivity contribution in [2.24, 2.45) is 20.0 Å². The largest absolute Gasteiger partial charge is 0.499 e. The van der Waals surface area contributed by atoms with E-state index >= 15 is 17.6 Å². The van der Waals surface area contributed by atoms with Gasteiger partial charge < -0.3 is 8.96 Å². The molecule has 0 N–H and O–H groups in total. The zero-order valence-corrected chi connectivity index (χ0v) is 26.7. The van der Waals surface area contributed by atoms with Crippen LogP contribution in [0.25, 0.3) is 31.2 Å². The molecular weight excluding hydrogens is 809 g/mol. The topological polar surface area (TPSA) is 68.0 Å². The molecule has 0 atom stereocenters. The molecule has 8 nitrogen and oxygen atoms in total. The Morgan fingerprint density at radius 2 is 0.839 bits per heavy atom. The second kappa shape index (κ2) is 12.1. The lowest BCUT2D eigenvalue weighted by Crippen LogP contribution is -2.45. The number of halogens is 15. The van der Waals surface area contributed by atoms with Crippen LogP contribution in [0.4, 0.5) is 84.5 Å². The Bertz CT molecular complexity index is 3150. The maximum atomic E-state index is 15.3. The number of rotatable bonds is 0. The molecule has 278 valence electrons. The first-order valence-electron chi connectivity index (χ1n) is 14.6. The summed E-state index contributed by atoms with van der Waals surface area (Å²) in [6.45, 7) is 12.8. The standard InChI is InChI=1S/C24H2BClF10N6.C8F4N2/c26-25-41-21-3-1-5(27)6(28)2-4(3)22(41)40-24-10-9(13(31)17(35)18(36)14(10)32)23(42(24)25)39-20-8-7(19(37-20)38-21)11(29)15(33)16(34)12(8)30;1-13-7-5(11)3(9)4(10)6(12)8(7)14-2/h1-2H;. The van der Waals surface area contributed by atoms with E-state index in [9.17, 15) is 43.9 Å². The molecule has 0 radical (unpaired) electrons. The lowest BCUT2D eigenvalue weighted by atomic mass is 10.1. The summed E-state index contributed by atoms with van der Waals surface area (Å²) in [6.07, 6.45) is -1.76. The Hall–Kier alpha value is -6.75. The third kappa shape index (κ3) is 4.54. The fraction of sp³-hybridized carbons (Fsp3) is 0. The van der Waals surface area contributed by atoms with Gasteiger partial charge in [-0.25, -0.2) is 91.1 Å². The van der Waals surface area contributed by atoms with Crippen LogP contribution in [0.15, 0.2) is 32.1 Å². The zero-order chi connectivity index (χ0) is 40.6. The minimum absolute atomic E-state index is 0.250. The number of hydrogen-bond donors (Lipinski definition) is 0. The van der Waals surface area contributed by atoms with Gasteiger partial charge in [-0.3, -0.25) is 0 Å². The highest BCUT2D eigenvalue weighted by Gasteiger charge is 2.41. The predicted molar refractivity (Wildman–Crippen MR) is 166 cm³/mol. The van der Waals surface area contributed by atoms with Crippen molar-refractivity contribution in [3.05, 3.63) is 139 Å². The quantitative estimate of drug-likeness (QED) is 0.0485. The molecule has 0 amide bonds. The summed E-state index contributed by atoms with van der Waals surface area (Å²) in [7, 11) is 0. The minimum atomic E-state index is -2.28. The van der Waals surface area contributed by atoms with Crippen molar-refractivity contribution in [1.29, 1.82) is 0 Å². The molecule has 3 aliphatic heterocycles. The van der Waals surface area contributed by atoms with E-state index < -0.39 is 150 Å². The molecule has 0 spiro atoms. The van der Waals surface area contributed by atoms with E-state index in [0.29, 0.717) is 16.6 Å². The number of fused-ring (bicyclic) bond motifs is 10. The van der Waals surface area contributed by atoms with Gasteiger partial charge in [-0.05, 0) is 12.1 Å². The number of aromatic nitrogens is 2. The van der Waals surface area contributed by atoms with Crippen LogP contribution in [0.3, 0.4) is 0 Å². The number of nitrogens with zero attached hydrogens (tertiary/aromatic N) is 8. The van der Waals surface area contributed by atoms with E-state index in [0.717, 1.165) is 4.48 Å². The van der Waals surface area contributed by atoms with Gasteiger partial charge in [0.25, 0.3) is 0 Å². The minimum Gasteiger partial charge on any atom is -0.319 e. The second-order valence-corrected chi connectivity index (χ2v) is 11.8. The maximum Gasteiger partial charge on any atom is 0.499 e. The molecule has 2 aromatic heterocycles. The van der Waals surface area contributed by atoms with E-state index in [2.05, 4.69) is 29.7 Å². The highest BCUT2D eigenvalue weighted by molar-refractivity contribution is 7.05. The number of hydrogen-bond acceptors (Lipinski definition) is 4. The normalized spacial score (nSPS) is 13.3. The van der Waals surface area contributed by atoms with Gasteiger partial charge in [-0.1, -0.05) is 0 Å². The lowest BCUT2D eigenvalue weighted by Gasteiger charge is -2.18. The van der Waals surface area contributed by atoms with Crippen molar-refractivity contribution in [1.82, 2.24) is 8.96 Å². The molecule has 56 heavy (non-hydrogen) atoms. The molecule has 0 saturated heterocycles. The van der Waals surface area contributed by atoms with Gasteiger partial charge in [0.15, 0.2) is 93.1 Å². The third-order valence-electron chi connectivity index (χ3n) is 8.60. The second-order valence-electron chi connectivity index (χ2n) is 11.4. The maximum absolute atomic E-state index is 15.3. The van der Waals surface area contributed by atoms with E-state index in [4.69, 9.17) is 24.6 Å². The SMILES string of the molecule is Fc1cc2c3n4c(c2cc1F)=Nc1c2c(F)c(F)c(F)c(F)c2c(n1B4Cl)N=C1N=C(N=3)c2c(F)c(F)c(F)c(F)c21.[C-]#[N+]c1c(F)c(F)c(F)c(F)c1[N+]#[C-].